The lowest BCUT2D eigenvalue weighted by Gasteiger charge is -2.44. The molecule has 6 rings (SSSR count). The Morgan fingerprint density at radius 2 is 0.939 bits per heavy atom. The van der Waals surface area contributed by atoms with E-state index in [1.54, 1.807) is 12.1 Å². The highest BCUT2D eigenvalue weighted by Gasteiger charge is 2.43. The van der Waals surface area contributed by atoms with Crippen molar-refractivity contribution in [2.24, 2.45) is 5.41 Å². The first-order valence-corrected chi connectivity index (χ1v) is 11.0. The molecule has 1 spiro atoms. The maximum atomic E-state index is 10.5. The van der Waals surface area contributed by atoms with E-state index in [0.29, 0.717) is 37.6 Å². The molecule has 33 heavy (non-hydrogen) atoms. The van der Waals surface area contributed by atoms with Gasteiger partial charge >= 0.3 is 0 Å². The number of phenolic OH excluding ortho intramolecular Hbond substituents is 2. The third-order valence-electron chi connectivity index (χ3n) is 6.53. The second-order valence-corrected chi connectivity index (χ2v) is 8.85. The van der Waals surface area contributed by atoms with Crippen molar-refractivity contribution in [3.05, 3.63) is 83.9 Å². The number of phenols is 2. The summed E-state index contributed by atoms with van der Waals surface area (Å²) in [5.74, 6) is 0.301. The monoisotopic (exact) mass is 444 g/mol. The van der Waals surface area contributed by atoms with Gasteiger partial charge in [0.1, 0.15) is 11.5 Å². The molecule has 4 aromatic rings. The smallest absolute Gasteiger partial charge is 0.188 e. The van der Waals surface area contributed by atoms with Crippen LogP contribution in [0.15, 0.2) is 72.8 Å². The fourth-order valence-corrected chi connectivity index (χ4v) is 4.75. The van der Waals surface area contributed by atoms with Gasteiger partial charge in [-0.3, -0.25) is 0 Å². The van der Waals surface area contributed by atoms with E-state index >= 15 is 0 Å². The van der Waals surface area contributed by atoms with Gasteiger partial charge in [0, 0.05) is 0 Å². The van der Waals surface area contributed by atoms with Gasteiger partial charge in [-0.15, -0.1) is 0 Å². The Morgan fingerprint density at radius 3 is 1.36 bits per heavy atom. The van der Waals surface area contributed by atoms with Crippen molar-refractivity contribution in [1.82, 2.24) is 0 Å². The molecule has 2 aliphatic heterocycles. The maximum Gasteiger partial charge on any atom is 0.188 e. The van der Waals surface area contributed by atoms with Gasteiger partial charge in [-0.1, -0.05) is 60.7 Å². The lowest BCUT2D eigenvalue weighted by atomic mass is 9.90. The Morgan fingerprint density at radius 1 is 0.545 bits per heavy atom. The van der Waals surface area contributed by atoms with Crippen molar-refractivity contribution in [2.75, 3.05) is 26.4 Å². The molecule has 2 heterocycles. The molecule has 2 aliphatic rings. The molecule has 2 N–H and O–H groups in total. The van der Waals surface area contributed by atoms with Crippen molar-refractivity contribution in [3.63, 3.8) is 0 Å². The first-order valence-electron chi connectivity index (χ1n) is 11.0. The maximum absolute atomic E-state index is 10.5. The van der Waals surface area contributed by atoms with E-state index in [0.717, 1.165) is 21.5 Å². The number of hydrogen-bond acceptors (Lipinski definition) is 6. The summed E-state index contributed by atoms with van der Waals surface area (Å²) in [5, 5.41) is 24.8. The molecule has 2 saturated heterocycles. The van der Waals surface area contributed by atoms with Crippen LogP contribution < -0.4 is 0 Å². The highest BCUT2D eigenvalue weighted by molar-refractivity contribution is 5.88. The molecule has 0 unspecified atom stereocenters. The van der Waals surface area contributed by atoms with Gasteiger partial charge in [0.25, 0.3) is 0 Å². The predicted molar refractivity (Wildman–Crippen MR) is 123 cm³/mol. The van der Waals surface area contributed by atoms with Crippen LogP contribution in [0.3, 0.4) is 0 Å². The highest BCUT2D eigenvalue weighted by Crippen LogP contribution is 2.44. The molecule has 0 aromatic heterocycles. The van der Waals surface area contributed by atoms with E-state index in [2.05, 4.69) is 0 Å². The number of rotatable bonds is 2. The van der Waals surface area contributed by atoms with Crippen LogP contribution >= 0.6 is 0 Å². The molecule has 6 nitrogen and oxygen atoms in total. The Kier molecular flexibility index (Phi) is 4.96. The first kappa shape index (κ1) is 20.4. The summed E-state index contributed by atoms with van der Waals surface area (Å²) in [5.41, 5.74) is 0.825. The van der Waals surface area contributed by atoms with Crippen LogP contribution in [-0.4, -0.2) is 36.6 Å². The molecule has 0 radical (unpaired) electrons. The SMILES string of the molecule is Oc1ccc2ccccc2c1C1OCC2(CO1)COC(c1c(O)ccc3ccccc13)OC2. The zero-order valence-corrected chi connectivity index (χ0v) is 17.9. The molecule has 0 aliphatic carbocycles. The number of benzene rings is 4. The number of ether oxygens (including phenoxy) is 4. The minimum atomic E-state index is -0.665. The highest BCUT2D eigenvalue weighted by atomic mass is 16.7. The third-order valence-corrected chi connectivity index (χ3v) is 6.53. The molecule has 0 bridgehead atoms. The van der Waals surface area contributed by atoms with Gasteiger partial charge in [0.15, 0.2) is 12.6 Å². The van der Waals surface area contributed by atoms with Crippen molar-refractivity contribution in [2.45, 2.75) is 12.6 Å². The van der Waals surface area contributed by atoms with Crippen molar-refractivity contribution < 1.29 is 29.2 Å². The first-order chi connectivity index (χ1) is 16.1. The number of hydrogen-bond donors (Lipinski definition) is 2. The summed E-state index contributed by atoms with van der Waals surface area (Å²) in [6.07, 6.45) is -1.33. The lowest BCUT2D eigenvalue weighted by molar-refractivity contribution is -0.307. The predicted octanol–water partition coefficient (Wildman–Crippen LogP) is 5.18. The van der Waals surface area contributed by atoms with E-state index in [9.17, 15) is 10.2 Å². The second kappa shape index (κ2) is 8.01. The molecule has 6 heteroatoms. The Hall–Kier alpha value is -3.16. The Balaban J connectivity index is 1.19. The van der Waals surface area contributed by atoms with Crippen LogP contribution in [-0.2, 0) is 18.9 Å². The zero-order valence-electron chi connectivity index (χ0n) is 17.9. The Bertz CT molecular complexity index is 1210. The molecule has 2 fully saturated rings. The van der Waals surface area contributed by atoms with E-state index in [1.165, 1.54) is 0 Å². The van der Waals surface area contributed by atoms with Gasteiger partial charge in [-0.25, -0.2) is 0 Å². The summed E-state index contributed by atoms with van der Waals surface area (Å²) >= 11 is 0. The van der Waals surface area contributed by atoms with Gasteiger partial charge in [-0.2, -0.15) is 0 Å². The fourth-order valence-electron chi connectivity index (χ4n) is 4.75. The topological polar surface area (TPSA) is 77.4 Å². The average molecular weight is 444 g/mol. The van der Waals surface area contributed by atoms with Crippen LogP contribution in [0, 0.1) is 5.41 Å². The fraction of sp³-hybridized carbons (Fsp3) is 0.259. The minimum absolute atomic E-state index is 0.150. The van der Waals surface area contributed by atoms with Gasteiger partial charge in [0.2, 0.25) is 0 Å². The quantitative estimate of drug-likeness (QED) is 0.444. The average Bonchev–Trinajstić information content (AvgIpc) is 2.86. The summed E-state index contributed by atoms with van der Waals surface area (Å²) < 4.78 is 24.4. The van der Waals surface area contributed by atoms with Crippen LogP contribution in [0.5, 0.6) is 11.5 Å². The molecule has 4 aromatic carbocycles. The summed E-state index contributed by atoms with van der Waals surface area (Å²) in [4.78, 5) is 0. The minimum Gasteiger partial charge on any atom is -0.507 e. The van der Waals surface area contributed by atoms with Crippen LogP contribution in [0.2, 0.25) is 0 Å². The van der Waals surface area contributed by atoms with E-state index < -0.39 is 18.0 Å². The standard InChI is InChI=1S/C27H24O6/c28-21-11-9-17-5-1-3-7-19(17)23(21)25-30-13-27(14-31-25)15-32-26(33-16-27)24-20-8-4-2-6-18(20)10-12-22(24)29/h1-12,25-26,28-29H,13-16H2. The molecule has 0 atom stereocenters. The number of aromatic hydroxyl groups is 2. The van der Waals surface area contributed by atoms with Gasteiger partial charge in [-0.05, 0) is 33.7 Å². The second-order valence-electron chi connectivity index (χ2n) is 8.85. The van der Waals surface area contributed by atoms with E-state index in [4.69, 9.17) is 18.9 Å². The zero-order chi connectivity index (χ0) is 22.4. The molecule has 168 valence electrons. The Labute approximate surface area is 190 Å². The molecule has 0 saturated carbocycles. The number of fused-ring (bicyclic) bond motifs is 2. The molecular formula is C27H24O6. The summed E-state index contributed by atoms with van der Waals surface area (Å²) in [6.45, 7) is 1.48. The van der Waals surface area contributed by atoms with Crippen molar-refractivity contribution >= 4 is 21.5 Å². The van der Waals surface area contributed by atoms with Crippen LogP contribution in [0.4, 0.5) is 0 Å². The summed E-state index contributed by atoms with van der Waals surface area (Å²) in [6, 6.07) is 22.8. The largest absolute Gasteiger partial charge is 0.507 e. The molecular weight excluding hydrogens is 420 g/mol. The van der Waals surface area contributed by atoms with Gasteiger partial charge < -0.3 is 29.2 Å². The normalized spacial score (nSPS) is 25.6. The van der Waals surface area contributed by atoms with Gasteiger partial charge in [0.05, 0.1) is 43.0 Å². The lowest BCUT2D eigenvalue weighted by Crippen LogP contribution is -2.49. The molecule has 0 amide bonds. The van der Waals surface area contributed by atoms with Crippen molar-refractivity contribution in [1.29, 1.82) is 0 Å². The van der Waals surface area contributed by atoms with Crippen molar-refractivity contribution in [3.8, 4) is 11.5 Å². The summed E-state index contributed by atoms with van der Waals surface area (Å²) in [7, 11) is 0. The van der Waals surface area contributed by atoms with Crippen LogP contribution in [0.25, 0.3) is 21.5 Å². The van der Waals surface area contributed by atoms with E-state index in [1.807, 2.05) is 60.7 Å². The van der Waals surface area contributed by atoms with Crippen LogP contribution in [0.1, 0.15) is 23.7 Å². The third kappa shape index (κ3) is 3.52. The van der Waals surface area contributed by atoms with E-state index in [-0.39, 0.29) is 11.5 Å².